The Kier molecular flexibility index (Phi) is 5.80. The van der Waals surface area contributed by atoms with Crippen LogP contribution in [0.15, 0.2) is 18.2 Å². The van der Waals surface area contributed by atoms with Crippen molar-refractivity contribution in [1.82, 2.24) is 5.32 Å². The molecule has 0 heterocycles. The van der Waals surface area contributed by atoms with E-state index < -0.39 is 6.61 Å². The Morgan fingerprint density at radius 2 is 2.00 bits per heavy atom. The van der Waals surface area contributed by atoms with Gasteiger partial charge in [-0.1, -0.05) is 26.7 Å². The van der Waals surface area contributed by atoms with Crippen LogP contribution in [0.5, 0.6) is 11.5 Å². The topological polar surface area (TPSA) is 47.6 Å². The molecule has 0 saturated heterocycles. The van der Waals surface area contributed by atoms with Gasteiger partial charge >= 0.3 is 6.61 Å². The van der Waals surface area contributed by atoms with E-state index in [0.29, 0.717) is 17.4 Å². The zero-order valence-electron chi connectivity index (χ0n) is 13.6. The lowest BCUT2D eigenvalue weighted by Gasteiger charge is -2.34. The highest BCUT2D eigenvalue weighted by Gasteiger charge is 2.28. The molecule has 0 radical (unpaired) electrons. The summed E-state index contributed by atoms with van der Waals surface area (Å²) in [6, 6.07) is 4.35. The van der Waals surface area contributed by atoms with Gasteiger partial charge in [0.1, 0.15) is 0 Å². The third kappa shape index (κ3) is 4.33. The molecule has 1 aromatic carbocycles. The first-order chi connectivity index (χ1) is 10.9. The number of ether oxygens (including phenoxy) is 2. The summed E-state index contributed by atoms with van der Waals surface area (Å²) in [5.74, 6) is 0.793. The molecule has 2 rings (SSSR count). The average molecular weight is 327 g/mol. The maximum absolute atomic E-state index is 12.4. The lowest BCUT2D eigenvalue weighted by atomic mass is 9.78. The molecule has 1 aromatic rings. The fraction of sp³-hybridized carbons (Fsp3) is 0.588. The van der Waals surface area contributed by atoms with Crippen molar-refractivity contribution in [2.45, 2.75) is 45.8 Å². The lowest BCUT2D eigenvalue weighted by molar-refractivity contribution is -0.0512. The second-order valence-electron chi connectivity index (χ2n) is 6.09. The molecule has 128 valence electrons. The quantitative estimate of drug-likeness (QED) is 0.893. The number of rotatable bonds is 5. The van der Waals surface area contributed by atoms with E-state index in [9.17, 15) is 13.6 Å². The molecule has 23 heavy (non-hydrogen) atoms. The van der Waals surface area contributed by atoms with E-state index in [0.717, 1.165) is 12.8 Å². The van der Waals surface area contributed by atoms with E-state index in [2.05, 4.69) is 23.9 Å². The molecule has 1 aliphatic carbocycles. The summed E-state index contributed by atoms with van der Waals surface area (Å²) in [5, 5.41) is 3.04. The van der Waals surface area contributed by atoms with E-state index in [1.54, 1.807) is 0 Å². The van der Waals surface area contributed by atoms with Crippen molar-refractivity contribution < 1.29 is 23.0 Å². The van der Waals surface area contributed by atoms with Gasteiger partial charge in [-0.2, -0.15) is 8.78 Å². The molecular formula is C17H23F2NO3. The van der Waals surface area contributed by atoms with Crippen LogP contribution < -0.4 is 14.8 Å². The smallest absolute Gasteiger partial charge is 0.387 e. The van der Waals surface area contributed by atoms with Crippen LogP contribution in [0.1, 0.15) is 43.5 Å². The SMILES string of the molecule is COc1cc(C(=O)NC2CCCC(C)C2C)ccc1OC(F)F. The average Bonchev–Trinajstić information content (AvgIpc) is 2.51. The molecule has 1 amide bonds. The number of alkyl halides is 2. The van der Waals surface area contributed by atoms with Gasteiger partial charge in [0.15, 0.2) is 11.5 Å². The molecule has 3 atom stereocenters. The molecule has 0 spiro atoms. The van der Waals surface area contributed by atoms with Crippen LogP contribution in [0.3, 0.4) is 0 Å². The fourth-order valence-corrected chi connectivity index (χ4v) is 3.04. The van der Waals surface area contributed by atoms with Crippen LogP contribution in [0, 0.1) is 11.8 Å². The summed E-state index contributed by atoms with van der Waals surface area (Å²) in [4.78, 5) is 12.4. The number of hydrogen-bond acceptors (Lipinski definition) is 3. The van der Waals surface area contributed by atoms with Gasteiger partial charge in [-0.15, -0.1) is 0 Å². The standard InChI is InChI=1S/C17H23F2NO3/c1-10-5-4-6-13(11(10)2)20-16(21)12-7-8-14(23-17(18)19)15(9-12)22-3/h7-11,13,17H,4-6H2,1-3H3,(H,20,21). The third-order valence-electron chi connectivity index (χ3n) is 4.67. The molecule has 1 fully saturated rings. The summed E-state index contributed by atoms with van der Waals surface area (Å²) in [5.41, 5.74) is 0.369. The number of carbonyl (C=O) groups is 1. The van der Waals surface area contributed by atoms with E-state index >= 15 is 0 Å². The summed E-state index contributed by atoms with van der Waals surface area (Å²) in [6.07, 6.45) is 3.24. The molecule has 0 aromatic heterocycles. The number of carbonyl (C=O) groups excluding carboxylic acids is 1. The highest BCUT2D eigenvalue weighted by molar-refractivity contribution is 5.95. The van der Waals surface area contributed by atoms with Gasteiger partial charge in [-0.3, -0.25) is 4.79 Å². The minimum absolute atomic E-state index is 0.0845. The predicted octanol–water partition coefficient (Wildman–Crippen LogP) is 3.85. The zero-order valence-corrected chi connectivity index (χ0v) is 13.6. The number of amides is 1. The Morgan fingerprint density at radius 1 is 1.26 bits per heavy atom. The van der Waals surface area contributed by atoms with Gasteiger partial charge in [-0.05, 0) is 36.5 Å². The van der Waals surface area contributed by atoms with Crippen LogP contribution in [-0.2, 0) is 0 Å². The maximum Gasteiger partial charge on any atom is 0.387 e. The second kappa shape index (κ2) is 7.62. The third-order valence-corrected chi connectivity index (χ3v) is 4.67. The van der Waals surface area contributed by atoms with Gasteiger partial charge in [0.2, 0.25) is 0 Å². The molecule has 0 bridgehead atoms. The zero-order chi connectivity index (χ0) is 17.0. The minimum atomic E-state index is -2.94. The molecule has 1 saturated carbocycles. The number of nitrogens with one attached hydrogen (secondary N) is 1. The van der Waals surface area contributed by atoms with Crippen molar-refractivity contribution in [2.75, 3.05) is 7.11 Å². The highest BCUT2D eigenvalue weighted by Crippen LogP contribution is 2.31. The highest BCUT2D eigenvalue weighted by atomic mass is 19.3. The number of hydrogen-bond donors (Lipinski definition) is 1. The summed E-state index contributed by atoms with van der Waals surface area (Å²) in [6.45, 7) is 1.41. The van der Waals surface area contributed by atoms with Crippen LogP contribution in [-0.4, -0.2) is 25.7 Å². The van der Waals surface area contributed by atoms with Gasteiger partial charge in [0.05, 0.1) is 7.11 Å². The van der Waals surface area contributed by atoms with Gasteiger partial charge in [0.25, 0.3) is 5.91 Å². The van der Waals surface area contributed by atoms with E-state index in [4.69, 9.17) is 4.74 Å². The Balaban J connectivity index is 2.10. The van der Waals surface area contributed by atoms with Gasteiger partial charge in [-0.25, -0.2) is 0 Å². The molecule has 6 heteroatoms. The first kappa shape index (κ1) is 17.5. The first-order valence-electron chi connectivity index (χ1n) is 7.86. The summed E-state index contributed by atoms with van der Waals surface area (Å²) in [7, 11) is 1.35. The fourth-order valence-electron chi connectivity index (χ4n) is 3.04. The van der Waals surface area contributed by atoms with Crippen LogP contribution in [0.2, 0.25) is 0 Å². The van der Waals surface area contributed by atoms with Crippen LogP contribution in [0.4, 0.5) is 8.78 Å². The Bertz CT molecular complexity index is 551. The maximum atomic E-state index is 12.4. The molecule has 1 N–H and O–H groups in total. The molecular weight excluding hydrogens is 304 g/mol. The molecule has 3 unspecified atom stereocenters. The Hall–Kier alpha value is -1.85. The summed E-state index contributed by atoms with van der Waals surface area (Å²) >= 11 is 0. The number of benzene rings is 1. The minimum Gasteiger partial charge on any atom is -0.493 e. The lowest BCUT2D eigenvalue weighted by Crippen LogP contribution is -2.43. The van der Waals surface area contributed by atoms with E-state index in [1.807, 2.05) is 0 Å². The monoisotopic (exact) mass is 327 g/mol. The van der Waals surface area contributed by atoms with Gasteiger partial charge in [0, 0.05) is 11.6 Å². The molecule has 0 aliphatic heterocycles. The van der Waals surface area contributed by atoms with Crippen molar-refractivity contribution in [2.24, 2.45) is 11.8 Å². The Morgan fingerprint density at radius 3 is 2.65 bits per heavy atom. The van der Waals surface area contributed by atoms with Crippen molar-refractivity contribution >= 4 is 5.91 Å². The first-order valence-corrected chi connectivity index (χ1v) is 7.86. The van der Waals surface area contributed by atoms with E-state index in [1.165, 1.54) is 31.7 Å². The molecule has 1 aliphatic rings. The van der Waals surface area contributed by atoms with Crippen LogP contribution >= 0.6 is 0 Å². The molecule has 4 nitrogen and oxygen atoms in total. The van der Waals surface area contributed by atoms with Crippen molar-refractivity contribution in [3.63, 3.8) is 0 Å². The largest absolute Gasteiger partial charge is 0.493 e. The second-order valence-corrected chi connectivity index (χ2v) is 6.09. The number of methoxy groups -OCH3 is 1. The predicted molar refractivity (Wildman–Crippen MR) is 83.1 cm³/mol. The van der Waals surface area contributed by atoms with Gasteiger partial charge < -0.3 is 14.8 Å². The van der Waals surface area contributed by atoms with Crippen LogP contribution in [0.25, 0.3) is 0 Å². The summed E-state index contributed by atoms with van der Waals surface area (Å²) < 4.78 is 34.0. The van der Waals surface area contributed by atoms with E-state index in [-0.39, 0.29) is 23.4 Å². The van der Waals surface area contributed by atoms with Crippen molar-refractivity contribution in [3.8, 4) is 11.5 Å². The van der Waals surface area contributed by atoms with Crippen molar-refractivity contribution in [1.29, 1.82) is 0 Å². The Labute approximate surface area is 135 Å². The van der Waals surface area contributed by atoms with Crippen molar-refractivity contribution in [3.05, 3.63) is 23.8 Å². The normalized spacial score (nSPS) is 24.3. The number of halogens is 2.